The van der Waals surface area contributed by atoms with Crippen LogP contribution in [0.2, 0.25) is 10.0 Å². The summed E-state index contributed by atoms with van der Waals surface area (Å²) in [6.45, 7) is 0.230. The van der Waals surface area contributed by atoms with Crippen molar-refractivity contribution in [1.29, 1.82) is 0 Å². The Kier molecular flexibility index (Phi) is 3.76. The van der Waals surface area contributed by atoms with Crippen LogP contribution in [0.4, 0.5) is 0 Å². The summed E-state index contributed by atoms with van der Waals surface area (Å²) in [7, 11) is -4.05. The molecule has 4 nitrogen and oxygen atoms in total. The van der Waals surface area contributed by atoms with Gasteiger partial charge in [-0.15, -0.1) is 0 Å². The maximum Gasteiger partial charge on any atom is 0.327 e. The van der Waals surface area contributed by atoms with Crippen molar-refractivity contribution >= 4 is 52.6 Å². The van der Waals surface area contributed by atoms with E-state index < -0.39 is 7.60 Å². The van der Waals surface area contributed by atoms with E-state index in [2.05, 4.69) is 0 Å². The van der Waals surface area contributed by atoms with E-state index in [1.54, 1.807) is 12.1 Å². The Labute approximate surface area is 131 Å². The van der Waals surface area contributed by atoms with Gasteiger partial charge < -0.3 is 14.4 Å². The summed E-state index contributed by atoms with van der Waals surface area (Å²) in [6.07, 6.45) is -0.211. The van der Waals surface area contributed by atoms with Gasteiger partial charge in [0.2, 0.25) is 0 Å². The molecule has 3 rings (SSSR count). The second-order valence-corrected chi connectivity index (χ2v) is 7.51. The van der Waals surface area contributed by atoms with E-state index in [0.717, 1.165) is 21.8 Å². The lowest BCUT2D eigenvalue weighted by Gasteiger charge is -2.08. The molecule has 0 atom stereocenters. The van der Waals surface area contributed by atoms with Crippen molar-refractivity contribution in [3.63, 3.8) is 0 Å². The molecule has 3 aromatic rings. The maximum absolute atomic E-state index is 11.1. The summed E-state index contributed by atoms with van der Waals surface area (Å²) < 4.78 is 13.0. The molecule has 2 N–H and O–H groups in total. The van der Waals surface area contributed by atoms with Crippen molar-refractivity contribution in [3.8, 4) is 0 Å². The first-order chi connectivity index (χ1) is 9.85. The lowest BCUT2D eigenvalue weighted by molar-refractivity contribution is 0.370. The number of fused-ring (bicyclic) bond motifs is 3. The van der Waals surface area contributed by atoms with Gasteiger partial charge in [-0.2, -0.15) is 0 Å². The lowest BCUT2D eigenvalue weighted by Crippen LogP contribution is -2.02. The van der Waals surface area contributed by atoms with Crippen LogP contribution in [0.15, 0.2) is 36.4 Å². The molecule has 0 saturated carbocycles. The minimum atomic E-state index is -4.05. The van der Waals surface area contributed by atoms with Crippen LogP contribution in [0, 0.1) is 0 Å². The number of hydrogen-bond acceptors (Lipinski definition) is 1. The van der Waals surface area contributed by atoms with Gasteiger partial charge in [-0.3, -0.25) is 4.57 Å². The molecule has 0 spiro atoms. The number of benzene rings is 2. The molecule has 0 bridgehead atoms. The maximum atomic E-state index is 11.1. The predicted molar refractivity (Wildman–Crippen MR) is 86.4 cm³/mol. The molecular weight excluding hydrogens is 332 g/mol. The zero-order chi connectivity index (χ0) is 15.2. The first-order valence-corrected chi connectivity index (χ1v) is 8.82. The van der Waals surface area contributed by atoms with Crippen LogP contribution in [0.5, 0.6) is 0 Å². The Balaban J connectivity index is 2.27. The highest BCUT2D eigenvalue weighted by Gasteiger charge is 2.16. The molecule has 0 aliphatic carbocycles. The molecule has 0 aliphatic heterocycles. The third-order valence-corrected chi connectivity index (χ3v) is 4.66. The fraction of sp³-hybridized carbons (Fsp3) is 0.143. The van der Waals surface area contributed by atoms with Crippen LogP contribution < -0.4 is 0 Å². The molecule has 110 valence electrons. The van der Waals surface area contributed by atoms with Gasteiger partial charge in [0.25, 0.3) is 0 Å². The minimum Gasteiger partial charge on any atom is -0.340 e. The smallest absolute Gasteiger partial charge is 0.327 e. The van der Waals surface area contributed by atoms with Gasteiger partial charge in [-0.1, -0.05) is 23.2 Å². The fourth-order valence-corrected chi connectivity index (χ4v) is 3.32. The third kappa shape index (κ3) is 2.96. The monoisotopic (exact) mass is 343 g/mol. The number of aryl methyl sites for hydroxylation is 1. The quantitative estimate of drug-likeness (QED) is 0.697. The summed E-state index contributed by atoms with van der Waals surface area (Å²) in [5, 5.41) is 3.06. The first-order valence-electron chi connectivity index (χ1n) is 6.27. The number of hydrogen-bond donors (Lipinski definition) is 2. The molecule has 2 aromatic carbocycles. The average Bonchev–Trinajstić information content (AvgIpc) is 2.68. The van der Waals surface area contributed by atoms with Crippen molar-refractivity contribution in [2.24, 2.45) is 0 Å². The van der Waals surface area contributed by atoms with Crippen LogP contribution in [0.3, 0.4) is 0 Å². The average molecular weight is 344 g/mol. The number of aromatic nitrogens is 1. The van der Waals surface area contributed by atoms with Crippen LogP contribution in [-0.2, 0) is 11.1 Å². The number of halogens is 2. The molecule has 0 amide bonds. The van der Waals surface area contributed by atoms with Crippen molar-refractivity contribution in [3.05, 3.63) is 46.4 Å². The third-order valence-electron chi connectivity index (χ3n) is 3.40. The Morgan fingerprint density at radius 2 is 1.43 bits per heavy atom. The second kappa shape index (κ2) is 5.31. The van der Waals surface area contributed by atoms with E-state index in [1.165, 1.54) is 0 Å². The predicted octanol–water partition coefficient (Wildman–Crippen LogP) is 4.28. The van der Waals surface area contributed by atoms with Crippen LogP contribution in [0.25, 0.3) is 21.8 Å². The van der Waals surface area contributed by atoms with Gasteiger partial charge >= 0.3 is 7.60 Å². The zero-order valence-corrected chi connectivity index (χ0v) is 13.2. The van der Waals surface area contributed by atoms with E-state index in [9.17, 15) is 4.57 Å². The normalized spacial score (nSPS) is 12.4. The van der Waals surface area contributed by atoms with Crippen molar-refractivity contribution < 1.29 is 14.4 Å². The summed E-state index contributed by atoms with van der Waals surface area (Å²) in [6, 6.07) is 10.9. The SMILES string of the molecule is O=P(O)(O)CCn1c2ccc(Cl)cc2c2cc(Cl)ccc21. The molecular formula is C14H12Cl2NO3P. The molecule has 0 unspecified atom stereocenters. The summed E-state index contributed by atoms with van der Waals surface area (Å²) in [5.41, 5.74) is 1.76. The molecule has 7 heteroatoms. The van der Waals surface area contributed by atoms with Gasteiger partial charge in [-0.25, -0.2) is 0 Å². The van der Waals surface area contributed by atoms with Crippen molar-refractivity contribution in [2.45, 2.75) is 6.54 Å². The highest BCUT2D eigenvalue weighted by Crippen LogP contribution is 2.37. The van der Waals surface area contributed by atoms with Gasteiger partial charge in [0.1, 0.15) is 0 Å². The minimum absolute atomic E-state index is 0.211. The summed E-state index contributed by atoms with van der Waals surface area (Å²) in [5.74, 6) is 0. The Bertz CT molecular complexity index is 825. The molecule has 0 fully saturated rings. The largest absolute Gasteiger partial charge is 0.340 e. The molecule has 0 saturated heterocycles. The van der Waals surface area contributed by atoms with Crippen LogP contribution in [-0.4, -0.2) is 20.5 Å². The lowest BCUT2D eigenvalue weighted by atomic mass is 10.1. The summed E-state index contributed by atoms with van der Waals surface area (Å²) in [4.78, 5) is 18.2. The second-order valence-electron chi connectivity index (χ2n) is 4.86. The molecule has 0 aliphatic rings. The standard InChI is InChI=1S/C14H12Cl2NO3P/c15-9-1-3-13-11(7-9)12-8-10(16)2-4-14(12)17(13)5-6-21(18,19)20/h1-4,7-8H,5-6H2,(H2,18,19,20). The number of rotatable bonds is 3. The topological polar surface area (TPSA) is 62.5 Å². The van der Waals surface area contributed by atoms with Gasteiger partial charge in [-0.05, 0) is 36.4 Å². The van der Waals surface area contributed by atoms with Gasteiger partial charge in [0.05, 0.1) is 6.16 Å². The Hall–Kier alpha value is -1.03. The molecule has 21 heavy (non-hydrogen) atoms. The van der Waals surface area contributed by atoms with Crippen LogP contribution in [0.1, 0.15) is 0 Å². The van der Waals surface area contributed by atoms with Gasteiger partial charge in [0.15, 0.2) is 0 Å². The van der Waals surface area contributed by atoms with E-state index in [4.69, 9.17) is 33.0 Å². The molecule has 0 radical (unpaired) electrons. The summed E-state index contributed by atoms with van der Waals surface area (Å²) >= 11 is 12.1. The van der Waals surface area contributed by atoms with Crippen molar-refractivity contribution in [2.75, 3.05) is 6.16 Å². The highest BCUT2D eigenvalue weighted by molar-refractivity contribution is 7.51. The molecule has 1 aromatic heterocycles. The van der Waals surface area contributed by atoms with E-state index in [1.807, 2.05) is 28.8 Å². The zero-order valence-electron chi connectivity index (χ0n) is 10.8. The van der Waals surface area contributed by atoms with E-state index in [0.29, 0.717) is 10.0 Å². The molecule has 1 heterocycles. The number of nitrogens with zero attached hydrogens (tertiary/aromatic N) is 1. The van der Waals surface area contributed by atoms with E-state index >= 15 is 0 Å². The Morgan fingerprint density at radius 3 is 1.86 bits per heavy atom. The van der Waals surface area contributed by atoms with Gasteiger partial charge in [0, 0.05) is 38.4 Å². The highest BCUT2D eigenvalue weighted by atomic mass is 35.5. The van der Waals surface area contributed by atoms with Crippen molar-refractivity contribution in [1.82, 2.24) is 4.57 Å². The Morgan fingerprint density at radius 1 is 0.952 bits per heavy atom. The first kappa shape index (κ1) is 14.9. The van der Waals surface area contributed by atoms with E-state index in [-0.39, 0.29) is 12.7 Å². The van der Waals surface area contributed by atoms with Crippen LogP contribution >= 0.6 is 30.8 Å². The fourth-order valence-electron chi connectivity index (χ4n) is 2.52.